The third kappa shape index (κ3) is 4.04. The molecule has 2 aromatic heterocycles. The van der Waals surface area contributed by atoms with Crippen molar-refractivity contribution in [1.82, 2.24) is 19.7 Å². The lowest BCUT2D eigenvalue weighted by molar-refractivity contribution is 0.0330. The number of hydrogen-bond donors (Lipinski definition) is 0. The normalized spacial score (nSPS) is 17.1. The molecule has 0 bridgehead atoms. The van der Waals surface area contributed by atoms with Crippen molar-refractivity contribution in [2.24, 2.45) is 5.92 Å². The Bertz CT molecular complexity index is 744. The van der Waals surface area contributed by atoms with Crippen LogP contribution in [-0.4, -0.2) is 51.9 Å². The zero-order valence-corrected chi connectivity index (χ0v) is 15.6. The number of pyridine rings is 1. The maximum absolute atomic E-state index is 13.3. The predicted molar refractivity (Wildman–Crippen MR) is 97.0 cm³/mol. The Balaban J connectivity index is 1.85. The molecular weight excluding hydrogens is 332 g/mol. The number of nitrogens with zero attached hydrogens (tertiary/aromatic N) is 4. The summed E-state index contributed by atoms with van der Waals surface area (Å²) in [6, 6.07) is 5.44. The lowest BCUT2D eigenvalue weighted by Crippen LogP contribution is -2.42. The Morgan fingerprint density at radius 3 is 2.96 bits per heavy atom. The third-order valence-corrected chi connectivity index (χ3v) is 4.47. The third-order valence-electron chi connectivity index (χ3n) is 4.47. The Morgan fingerprint density at radius 2 is 2.19 bits per heavy atom. The maximum Gasteiger partial charge on any atom is 0.260 e. The van der Waals surface area contributed by atoms with Crippen LogP contribution in [-0.2, 0) is 17.8 Å². The summed E-state index contributed by atoms with van der Waals surface area (Å²) in [5.74, 6) is 0.707. The molecule has 7 nitrogen and oxygen atoms in total. The van der Waals surface area contributed by atoms with Gasteiger partial charge in [-0.2, -0.15) is 5.10 Å². The molecule has 0 spiro atoms. The van der Waals surface area contributed by atoms with E-state index in [0.29, 0.717) is 37.1 Å². The van der Waals surface area contributed by atoms with E-state index in [-0.39, 0.29) is 11.9 Å². The number of rotatable bonds is 6. The number of hydrogen-bond acceptors (Lipinski definition) is 5. The molecule has 0 radical (unpaired) electrons. The number of fused-ring (bicyclic) bond motifs is 1. The van der Waals surface area contributed by atoms with Crippen molar-refractivity contribution >= 4 is 5.91 Å². The number of aryl methyl sites for hydroxylation is 1. The quantitative estimate of drug-likeness (QED) is 0.793. The van der Waals surface area contributed by atoms with Gasteiger partial charge < -0.3 is 14.4 Å². The Morgan fingerprint density at radius 1 is 1.35 bits per heavy atom. The molecule has 1 aliphatic heterocycles. The highest BCUT2D eigenvalue weighted by Gasteiger charge is 2.30. The van der Waals surface area contributed by atoms with Crippen molar-refractivity contribution < 1.29 is 14.3 Å². The fourth-order valence-electron chi connectivity index (χ4n) is 3.15. The first-order valence-electron chi connectivity index (χ1n) is 8.98. The summed E-state index contributed by atoms with van der Waals surface area (Å²) in [5.41, 5.74) is 1.49. The standard InChI is InChI=1S/C19H26N4O3/c1-14(2)12-26-13-16-7-10-23-15(6-9-21-23)11-22(16)19(24)17-5-4-8-20-18(17)25-3/h4-6,8-9,14,16H,7,10-13H2,1-3H3/t16-/m0/s1. The molecule has 0 fully saturated rings. The van der Waals surface area contributed by atoms with Crippen LogP contribution >= 0.6 is 0 Å². The van der Waals surface area contributed by atoms with E-state index < -0.39 is 0 Å². The van der Waals surface area contributed by atoms with Gasteiger partial charge in [0.2, 0.25) is 5.88 Å². The summed E-state index contributed by atoms with van der Waals surface area (Å²) in [4.78, 5) is 19.3. The Hall–Kier alpha value is -2.41. The number of methoxy groups -OCH3 is 1. The van der Waals surface area contributed by atoms with Crippen LogP contribution in [0.5, 0.6) is 5.88 Å². The highest BCUT2D eigenvalue weighted by molar-refractivity contribution is 5.96. The summed E-state index contributed by atoms with van der Waals surface area (Å²) < 4.78 is 13.1. The monoisotopic (exact) mass is 358 g/mol. The molecule has 3 heterocycles. The number of carbonyl (C=O) groups excluding carboxylic acids is 1. The smallest absolute Gasteiger partial charge is 0.260 e. The Labute approximate surface area is 153 Å². The zero-order chi connectivity index (χ0) is 18.5. The molecule has 140 valence electrons. The second kappa shape index (κ2) is 8.31. The fourth-order valence-corrected chi connectivity index (χ4v) is 3.15. The molecular formula is C19H26N4O3. The average molecular weight is 358 g/mol. The molecule has 0 unspecified atom stereocenters. The molecule has 3 rings (SSSR count). The van der Waals surface area contributed by atoms with E-state index in [1.807, 2.05) is 15.6 Å². The van der Waals surface area contributed by atoms with Crippen molar-refractivity contribution in [3.8, 4) is 5.88 Å². The van der Waals surface area contributed by atoms with E-state index in [9.17, 15) is 4.79 Å². The minimum atomic E-state index is -0.0947. The van der Waals surface area contributed by atoms with Crippen LogP contribution < -0.4 is 4.74 Å². The van der Waals surface area contributed by atoms with Crippen molar-refractivity contribution in [3.05, 3.63) is 41.9 Å². The predicted octanol–water partition coefficient (Wildman–Crippen LogP) is 2.37. The number of amides is 1. The molecule has 0 saturated carbocycles. The van der Waals surface area contributed by atoms with Gasteiger partial charge >= 0.3 is 0 Å². The second-order valence-electron chi connectivity index (χ2n) is 6.91. The van der Waals surface area contributed by atoms with E-state index in [2.05, 4.69) is 23.9 Å². The van der Waals surface area contributed by atoms with E-state index in [1.54, 1.807) is 24.5 Å². The van der Waals surface area contributed by atoms with Gasteiger partial charge in [0, 0.05) is 25.5 Å². The van der Waals surface area contributed by atoms with Gasteiger partial charge in [0.15, 0.2) is 0 Å². The van der Waals surface area contributed by atoms with Gasteiger partial charge in [0.05, 0.1) is 32.0 Å². The van der Waals surface area contributed by atoms with E-state index >= 15 is 0 Å². The van der Waals surface area contributed by atoms with Crippen LogP contribution in [0.2, 0.25) is 0 Å². The van der Waals surface area contributed by atoms with Crippen LogP contribution in [0.25, 0.3) is 0 Å². The number of carbonyl (C=O) groups is 1. The lowest BCUT2D eigenvalue weighted by Gasteiger charge is -2.30. The van der Waals surface area contributed by atoms with Crippen molar-refractivity contribution in [1.29, 1.82) is 0 Å². The number of aromatic nitrogens is 3. The molecule has 0 saturated heterocycles. The molecule has 26 heavy (non-hydrogen) atoms. The van der Waals surface area contributed by atoms with Crippen LogP contribution in [0, 0.1) is 5.92 Å². The molecule has 1 aliphatic rings. The highest BCUT2D eigenvalue weighted by Crippen LogP contribution is 2.23. The molecule has 1 amide bonds. The molecule has 0 N–H and O–H groups in total. The lowest BCUT2D eigenvalue weighted by atomic mass is 10.1. The summed E-state index contributed by atoms with van der Waals surface area (Å²) in [7, 11) is 1.53. The van der Waals surface area contributed by atoms with Crippen molar-refractivity contribution in [3.63, 3.8) is 0 Å². The maximum atomic E-state index is 13.3. The van der Waals surface area contributed by atoms with Crippen LogP contribution in [0.15, 0.2) is 30.6 Å². The van der Waals surface area contributed by atoms with E-state index in [0.717, 1.165) is 18.7 Å². The number of ether oxygens (including phenoxy) is 2. The highest BCUT2D eigenvalue weighted by atomic mass is 16.5. The van der Waals surface area contributed by atoms with Crippen LogP contribution in [0.3, 0.4) is 0 Å². The van der Waals surface area contributed by atoms with Gasteiger partial charge in [-0.3, -0.25) is 9.48 Å². The van der Waals surface area contributed by atoms with E-state index in [4.69, 9.17) is 9.47 Å². The topological polar surface area (TPSA) is 69.5 Å². The first-order valence-corrected chi connectivity index (χ1v) is 8.98. The fraction of sp³-hybridized carbons (Fsp3) is 0.526. The van der Waals surface area contributed by atoms with Crippen molar-refractivity contribution in [2.75, 3.05) is 20.3 Å². The average Bonchev–Trinajstić information content (AvgIpc) is 3.02. The zero-order valence-electron chi connectivity index (χ0n) is 15.6. The van der Waals surface area contributed by atoms with Gasteiger partial charge in [-0.1, -0.05) is 13.8 Å². The minimum Gasteiger partial charge on any atom is -0.480 e. The summed E-state index contributed by atoms with van der Waals surface area (Å²) in [6.07, 6.45) is 4.19. The van der Waals surface area contributed by atoms with Gasteiger partial charge in [-0.15, -0.1) is 0 Å². The molecule has 7 heteroatoms. The minimum absolute atomic E-state index is 0.0205. The van der Waals surface area contributed by atoms with Gasteiger partial charge in [-0.25, -0.2) is 4.98 Å². The van der Waals surface area contributed by atoms with Gasteiger partial charge in [0.25, 0.3) is 5.91 Å². The molecule has 0 aliphatic carbocycles. The molecule has 2 aromatic rings. The second-order valence-corrected chi connectivity index (χ2v) is 6.91. The Kier molecular flexibility index (Phi) is 5.88. The van der Waals surface area contributed by atoms with E-state index in [1.165, 1.54) is 7.11 Å². The SMILES string of the molecule is COc1ncccc1C(=O)N1Cc2ccnn2CC[C@H]1COCC(C)C. The summed E-state index contributed by atoms with van der Waals surface area (Å²) >= 11 is 0. The summed E-state index contributed by atoms with van der Waals surface area (Å²) in [6.45, 7) is 6.69. The first kappa shape index (κ1) is 18.4. The van der Waals surface area contributed by atoms with Crippen molar-refractivity contribution in [2.45, 2.75) is 39.4 Å². The van der Waals surface area contributed by atoms with Gasteiger partial charge in [0.1, 0.15) is 5.56 Å². The van der Waals surface area contributed by atoms with Gasteiger partial charge in [-0.05, 0) is 30.5 Å². The largest absolute Gasteiger partial charge is 0.480 e. The molecule has 1 atom stereocenters. The van der Waals surface area contributed by atoms with Crippen LogP contribution in [0.4, 0.5) is 0 Å². The molecule has 0 aromatic carbocycles. The van der Waals surface area contributed by atoms with Crippen LogP contribution in [0.1, 0.15) is 36.3 Å². The summed E-state index contributed by atoms with van der Waals surface area (Å²) in [5, 5.41) is 4.36. The first-order chi connectivity index (χ1) is 12.6.